The van der Waals surface area contributed by atoms with Crippen molar-refractivity contribution < 1.29 is 20.1 Å². The first-order chi connectivity index (χ1) is 8.20. The van der Waals surface area contributed by atoms with Crippen molar-refractivity contribution in [2.75, 3.05) is 0 Å². The van der Waals surface area contributed by atoms with Crippen LogP contribution in [0.15, 0.2) is 0 Å². The molecule has 3 rings (SSSR count). The van der Waals surface area contributed by atoms with Crippen molar-refractivity contribution in [2.45, 2.75) is 81.9 Å². The number of fused-ring (bicyclic) bond motifs is 1. The van der Waals surface area contributed by atoms with Gasteiger partial charge in [-0.3, -0.25) is 0 Å². The van der Waals surface area contributed by atoms with Crippen LogP contribution in [0.3, 0.4) is 0 Å². The van der Waals surface area contributed by atoms with E-state index in [4.69, 9.17) is 4.74 Å². The highest BCUT2D eigenvalue weighted by atomic mass is 16.6. The molecule has 1 aliphatic heterocycles. The summed E-state index contributed by atoms with van der Waals surface area (Å²) in [4.78, 5) is 0. The van der Waals surface area contributed by atoms with Crippen molar-refractivity contribution >= 4 is 0 Å². The predicted octanol–water partition coefficient (Wildman–Crippen LogP) is 0.971. The maximum absolute atomic E-state index is 10.8. The molecule has 0 aromatic rings. The minimum Gasteiger partial charge on any atom is -0.392 e. The quantitative estimate of drug-likeness (QED) is 0.604. The van der Waals surface area contributed by atoms with Crippen molar-refractivity contribution in [1.29, 1.82) is 0 Å². The molecule has 2 aliphatic carbocycles. The second-order valence-electron chi connectivity index (χ2n) is 7.15. The van der Waals surface area contributed by atoms with Crippen molar-refractivity contribution in [3.8, 4) is 0 Å². The van der Waals surface area contributed by atoms with Gasteiger partial charge in [0, 0.05) is 5.41 Å². The maximum atomic E-state index is 10.8. The largest absolute Gasteiger partial charge is 0.392 e. The van der Waals surface area contributed by atoms with E-state index in [1.165, 1.54) is 0 Å². The van der Waals surface area contributed by atoms with Gasteiger partial charge in [-0.15, -0.1) is 0 Å². The molecule has 3 N–H and O–H groups in total. The van der Waals surface area contributed by atoms with Gasteiger partial charge in [0.2, 0.25) is 0 Å². The summed E-state index contributed by atoms with van der Waals surface area (Å²) in [6, 6.07) is 0. The van der Waals surface area contributed by atoms with Gasteiger partial charge in [0.15, 0.2) is 0 Å². The zero-order valence-electron chi connectivity index (χ0n) is 11.4. The summed E-state index contributed by atoms with van der Waals surface area (Å²) in [7, 11) is 0. The third kappa shape index (κ3) is 1.12. The molecule has 1 heterocycles. The lowest BCUT2D eigenvalue weighted by Crippen LogP contribution is -2.67. The molecule has 0 amide bonds. The molecule has 0 aromatic heterocycles. The number of aliphatic hydroxyl groups is 3. The molecule has 1 saturated heterocycles. The fourth-order valence-electron chi connectivity index (χ4n) is 4.64. The fourth-order valence-corrected chi connectivity index (χ4v) is 4.64. The topological polar surface area (TPSA) is 69.9 Å². The maximum Gasteiger partial charge on any atom is 0.122 e. The van der Waals surface area contributed by atoms with Crippen LogP contribution in [-0.2, 0) is 4.74 Å². The summed E-state index contributed by atoms with van der Waals surface area (Å²) in [5.74, 6) is 0. The Balaban J connectivity index is 2.14. The molecule has 0 unspecified atom stereocenters. The average molecular weight is 256 g/mol. The normalized spacial score (nSPS) is 58.3. The highest BCUT2D eigenvalue weighted by Crippen LogP contribution is 2.65. The van der Waals surface area contributed by atoms with Crippen LogP contribution in [-0.4, -0.2) is 44.3 Å². The summed E-state index contributed by atoms with van der Waals surface area (Å²) < 4.78 is 6.19. The molecule has 4 heteroatoms. The number of rotatable bonds is 0. The van der Waals surface area contributed by atoms with Crippen LogP contribution in [0.4, 0.5) is 0 Å². The lowest BCUT2D eigenvalue weighted by molar-refractivity contribution is -0.235. The smallest absolute Gasteiger partial charge is 0.122 e. The molecule has 2 bridgehead atoms. The molecule has 3 aliphatic rings. The molecule has 18 heavy (non-hydrogen) atoms. The standard InChI is InChI=1S/C14H24O4/c1-11(2)13(17)8-7-12(3)9(15)5-4-6-14(12,18-11)10(13)16/h9-10,15-17H,4-8H2,1-3H3/t9-,10+,12+,13-,14+/m1/s1. The van der Waals surface area contributed by atoms with Crippen molar-refractivity contribution in [3.05, 3.63) is 0 Å². The number of ether oxygens (including phenoxy) is 1. The highest BCUT2D eigenvalue weighted by molar-refractivity contribution is 5.25. The monoisotopic (exact) mass is 256 g/mol. The van der Waals surface area contributed by atoms with E-state index in [0.29, 0.717) is 19.3 Å². The summed E-state index contributed by atoms with van der Waals surface area (Å²) in [6.45, 7) is 5.69. The van der Waals surface area contributed by atoms with E-state index < -0.39 is 34.4 Å². The first-order valence-electron chi connectivity index (χ1n) is 6.98. The summed E-state index contributed by atoms with van der Waals surface area (Å²) >= 11 is 0. The minimum absolute atomic E-state index is 0.454. The third-order valence-electron chi connectivity index (χ3n) is 6.13. The summed E-state index contributed by atoms with van der Waals surface area (Å²) in [5.41, 5.74) is -3.20. The minimum atomic E-state index is -1.19. The molecule has 0 radical (unpaired) electrons. The molecular weight excluding hydrogens is 232 g/mol. The zero-order valence-corrected chi connectivity index (χ0v) is 11.4. The predicted molar refractivity (Wildman–Crippen MR) is 66.1 cm³/mol. The Labute approximate surface area is 108 Å². The second kappa shape index (κ2) is 3.29. The van der Waals surface area contributed by atoms with Crippen LogP contribution >= 0.6 is 0 Å². The van der Waals surface area contributed by atoms with E-state index in [0.717, 1.165) is 12.8 Å². The average Bonchev–Trinajstić information content (AvgIpc) is 2.38. The second-order valence-corrected chi connectivity index (χ2v) is 7.15. The van der Waals surface area contributed by atoms with Crippen LogP contribution in [0.25, 0.3) is 0 Å². The summed E-state index contributed by atoms with van der Waals surface area (Å²) in [6.07, 6.45) is 2.12. The molecule has 4 nitrogen and oxygen atoms in total. The van der Waals surface area contributed by atoms with Gasteiger partial charge < -0.3 is 20.1 Å². The van der Waals surface area contributed by atoms with E-state index in [2.05, 4.69) is 0 Å². The van der Waals surface area contributed by atoms with Gasteiger partial charge in [0.1, 0.15) is 17.3 Å². The van der Waals surface area contributed by atoms with E-state index in [9.17, 15) is 15.3 Å². The molecule has 3 fully saturated rings. The van der Waals surface area contributed by atoms with Crippen LogP contribution in [0.1, 0.15) is 52.9 Å². The van der Waals surface area contributed by atoms with E-state index in [-0.39, 0.29) is 0 Å². The lowest BCUT2D eigenvalue weighted by atomic mass is 9.52. The lowest BCUT2D eigenvalue weighted by Gasteiger charge is -2.56. The molecular formula is C14H24O4. The van der Waals surface area contributed by atoms with E-state index >= 15 is 0 Å². The molecule has 104 valence electrons. The first kappa shape index (κ1) is 12.9. The van der Waals surface area contributed by atoms with E-state index in [1.807, 2.05) is 20.8 Å². The summed E-state index contributed by atoms with van der Waals surface area (Å²) in [5, 5.41) is 31.9. The van der Waals surface area contributed by atoms with Crippen LogP contribution in [0.5, 0.6) is 0 Å². The molecule has 0 aromatic carbocycles. The van der Waals surface area contributed by atoms with Crippen LogP contribution < -0.4 is 0 Å². The van der Waals surface area contributed by atoms with Gasteiger partial charge in [-0.25, -0.2) is 0 Å². The van der Waals surface area contributed by atoms with Gasteiger partial charge in [0.25, 0.3) is 0 Å². The Morgan fingerprint density at radius 3 is 2.39 bits per heavy atom. The zero-order chi connectivity index (χ0) is 13.4. The van der Waals surface area contributed by atoms with Gasteiger partial charge in [-0.2, -0.15) is 0 Å². The Morgan fingerprint density at radius 2 is 1.72 bits per heavy atom. The number of aliphatic hydroxyl groups excluding tert-OH is 2. The van der Waals surface area contributed by atoms with Crippen molar-refractivity contribution in [2.24, 2.45) is 5.41 Å². The molecule has 1 spiro atoms. The first-order valence-corrected chi connectivity index (χ1v) is 6.98. The van der Waals surface area contributed by atoms with Gasteiger partial charge in [-0.1, -0.05) is 6.92 Å². The van der Waals surface area contributed by atoms with Crippen molar-refractivity contribution in [1.82, 2.24) is 0 Å². The van der Waals surface area contributed by atoms with Crippen molar-refractivity contribution in [3.63, 3.8) is 0 Å². The third-order valence-corrected chi connectivity index (χ3v) is 6.13. The van der Waals surface area contributed by atoms with Gasteiger partial charge >= 0.3 is 0 Å². The fraction of sp³-hybridized carbons (Fsp3) is 1.00. The number of hydrogen-bond acceptors (Lipinski definition) is 4. The number of hydrogen-bond donors (Lipinski definition) is 3. The Kier molecular flexibility index (Phi) is 2.35. The van der Waals surface area contributed by atoms with Gasteiger partial charge in [0.05, 0.1) is 11.7 Å². The van der Waals surface area contributed by atoms with E-state index in [1.54, 1.807) is 0 Å². The Hall–Kier alpha value is -0.160. The Morgan fingerprint density at radius 1 is 1.06 bits per heavy atom. The molecule has 5 atom stereocenters. The Bertz CT molecular complexity index is 382. The molecule has 2 saturated carbocycles. The van der Waals surface area contributed by atoms with Crippen LogP contribution in [0, 0.1) is 5.41 Å². The SMILES string of the molecule is CC1(C)O[C@]23CCC[C@@H](O)[C@]2(C)CC[C@@]1(O)[C@@H]3O. The highest BCUT2D eigenvalue weighted by Gasteiger charge is 2.76. The van der Waals surface area contributed by atoms with Crippen LogP contribution in [0.2, 0.25) is 0 Å². The van der Waals surface area contributed by atoms with Gasteiger partial charge in [-0.05, 0) is 46.0 Å².